The normalized spacial score (nSPS) is 10.2. The fourth-order valence-corrected chi connectivity index (χ4v) is 2.14. The van der Waals surface area contributed by atoms with Crippen LogP contribution in [-0.2, 0) is 0 Å². The van der Waals surface area contributed by atoms with Crippen molar-refractivity contribution in [2.75, 3.05) is 18.5 Å². The molecule has 0 spiro atoms. The van der Waals surface area contributed by atoms with Gasteiger partial charge in [0.2, 0.25) is 5.75 Å². The molecule has 0 fully saturated rings. The Kier molecular flexibility index (Phi) is 5.84. The molecule has 7 heteroatoms. The third-order valence-electron chi connectivity index (χ3n) is 3.29. The Bertz CT molecular complexity index is 743. The molecule has 132 valence electrons. The molecule has 7 nitrogen and oxygen atoms in total. The largest absolute Gasteiger partial charge is 0.502 e. The van der Waals surface area contributed by atoms with E-state index in [0.29, 0.717) is 18.9 Å². The van der Waals surface area contributed by atoms with Gasteiger partial charge < -0.3 is 25.0 Å². The van der Waals surface area contributed by atoms with E-state index < -0.39 is 11.9 Å². The number of phenols is 1. The lowest BCUT2D eigenvalue weighted by molar-refractivity contribution is 0.0696. The van der Waals surface area contributed by atoms with Crippen molar-refractivity contribution in [1.29, 1.82) is 0 Å². The Morgan fingerprint density at radius 3 is 1.92 bits per heavy atom. The molecule has 0 aromatic heterocycles. The maximum absolute atomic E-state index is 12.4. The number of anilines is 1. The molecule has 0 atom stereocenters. The molecular weight excluding hydrogens is 326 g/mol. The van der Waals surface area contributed by atoms with E-state index in [-0.39, 0.29) is 28.4 Å². The zero-order chi connectivity index (χ0) is 18.4. The van der Waals surface area contributed by atoms with Crippen molar-refractivity contribution in [3.8, 4) is 17.2 Å². The number of aromatic carboxylic acids is 1. The molecule has 2 aromatic rings. The van der Waals surface area contributed by atoms with Gasteiger partial charge in [-0.3, -0.25) is 4.79 Å². The number of amides is 1. The van der Waals surface area contributed by atoms with Gasteiger partial charge in [0.05, 0.1) is 18.8 Å². The SMILES string of the molecule is CCOc1cc(C(=O)Nc2ccc(C(=O)O)cc2)cc(OCC)c1O. The van der Waals surface area contributed by atoms with Crippen LogP contribution in [-0.4, -0.2) is 35.3 Å². The minimum Gasteiger partial charge on any atom is -0.502 e. The number of carbonyl (C=O) groups is 2. The first kappa shape index (κ1) is 18.1. The highest BCUT2D eigenvalue weighted by Crippen LogP contribution is 2.37. The monoisotopic (exact) mass is 345 g/mol. The van der Waals surface area contributed by atoms with Crippen molar-refractivity contribution in [2.45, 2.75) is 13.8 Å². The summed E-state index contributed by atoms with van der Waals surface area (Å²) in [5.74, 6) is -1.34. The summed E-state index contributed by atoms with van der Waals surface area (Å²) in [5.41, 5.74) is 0.811. The number of carbonyl (C=O) groups excluding carboxylic acids is 1. The van der Waals surface area contributed by atoms with Crippen LogP contribution >= 0.6 is 0 Å². The van der Waals surface area contributed by atoms with E-state index in [1.54, 1.807) is 13.8 Å². The molecule has 0 unspecified atom stereocenters. The van der Waals surface area contributed by atoms with E-state index in [0.717, 1.165) is 0 Å². The minimum absolute atomic E-state index is 0.125. The Morgan fingerprint density at radius 1 is 0.960 bits per heavy atom. The molecule has 3 N–H and O–H groups in total. The maximum Gasteiger partial charge on any atom is 0.335 e. The zero-order valence-electron chi connectivity index (χ0n) is 13.9. The highest BCUT2D eigenvalue weighted by atomic mass is 16.5. The van der Waals surface area contributed by atoms with Crippen molar-refractivity contribution in [3.05, 3.63) is 47.5 Å². The molecule has 0 saturated carbocycles. The van der Waals surface area contributed by atoms with Gasteiger partial charge >= 0.3 is 5.97 Å². The van der Waals surface area contributed by atoms with Gasteiger partial charge in [-0.1, -0.05) is 0 Å². The van der Waals surface area contributed by atoms with Gasteiger partial charge in [-0.2, -0.15) is 0 Å². The fraction of sp³-hybridized carbons (Fsp3) is 0.222. The predicted octanol–water partition coefficient (Wildman–Crippen LogP) is 3.14. The second kappa shape index (κ2) is 8.05. The van der Waals surface area contributed by atoms with Crippen molar-refractivity contribution < 1.29 is 29.3 Å². The Labute approximate surface area is 144 Å². The Hall–Kier alpha value is -3.22. The molecule has 0 radical (unpaired) electrons. The van der Waals surface area contributed by atoms with Gasteiger partial charge in [-0.25, -0.2) is 4.79 Å². The van der Waals surface area contributed by atoms with Crippen LogP contribution in [0, 0.1) is 0 Å². The van der Waals surface area contributed by atoms with Crippen LogP contribution in [0.2, 0.25) is 0 Å². The number of ether oxygens (including phenoxy) is 2. The van der Waals surface area contributed by atoms with Crippen LogP contribution in [0.4, 0.5) is 5.69 Å². The number of hydrogen-bond acceptors (Lipinski definition) is 5. The van der Waals surface area contributed by atoms with E-state index >= 15 is 0 Å². The first-order chi connectivity index (χ1) is 12.0. The molecule has 0 bridgehead atoms. The molecule has 1 amide bonds. The summed E-state index contributed by atoms with van der Waals surface area (Å²) in [7, 11) is 0. The van der Waals surface area contributed by atoms with Gasteiger partial charge in [0.1, 0.15) is 0 Å². The van der Waals surface area contributed by atoms with Gasteiger partial charge in [0.25, 0.3) is 5.91 Å². The third-order valence-corrected chi connectivity index (χ3v) is 3.29. The van der Waals surface area contributed by atoms with Gasteiger partial charge in [-0.05, 0) is 50.2 Å². The number of phenolic OH excluding ortho intramolecular Hbond substituents is 1. The average Bonchev–Trinajstić information content (AvgIpc) is 2.59. The number of benzene rings is 2. The number of hydrogen-bond donors (Lipinski definition) is 3. The van der Waals surface area contributed by atoms with Crippen molar-refractivity contribution >= 4 is 17.6 Å². The predicted molar refractivity (Wildman–Crippen MR) is 91.8 cm³/mol. The van der Waals surface area contributed by atoms with Crippen LogP contribution in [0.5, 0.6) is 17.2 Å². The lowest BCUT2D eigenvalue weighted by Gasteiger charge is -2.13. The lowest BCUT2D eigenvalue weighted by Crippen LogP contribution is -2.13. The third kappa shape index (κ3) is 4.41. The lowest BCUT2D eigenvalue weighted by atomic mass is 10.1. The molecule has 0 aliphatic carbocycles. The van der Waals surface area contributed by atoms with E-state index in [2.05, 4.69) is 5.32 Å². The number of carboxylic acids is 1. The highest BCUT2D eigenvalue weighted by Gasteiger charge is 2.16. The number of rotatable bonds is 7. The topological polar surface area (TPSA) is 105 Å². The second-order valence-corrected chi connectivity index (χ2v) is 5.02. The first-order valence-corrected chi connectivity index (χ1v) is 7.73. The van der Waals surface area contributed by atoms with Crippen LogP contribution < -0.4 is 14.8 Å². The van der Waals surface area contributed by atoms with Crippen LogP contribution in [0.25, 0.3) is 0 Å². The van der Waals surface area contributed by atoms with E-state index in [1.165, 1.54) is 36.4 Å². The molecule has 0 saturated heterocycles. The van der Waals surface area contributed by atoms with Crippen LogP contribution in [0.1, 0.15) is 34.6 Å². The number of nitrogens with one attached hydrogen (secondary N) is 1. The first-order valence-electron chi connectivity index (χ1n) is 7.73. The quantitative estimate of drug-likeness (QED) is 0.712. The maximum atomic E-state index is 12.4. The standard InChI is InChI=1S/C18H19NO6/c1-3-24-14-9-12(10-15(16(14)20)25-4-2)17(21)19-13-7-5-11(6-8-13)18(22)23/h5-10,20H,3-4H2,1-2H3,(H,19,21)(H,22,23). The van der Waals surface area contributed by atoms with Crippen molar-refractivity contribution in [1.82, 2.24) is 0 Å². The number of carboxylic acid groups (broad SMARTS) is 1. The summed E-state index contributed by atoms with van der Waals surface area (Å²) in [5, 5.41) is 21.6. The smallest absolute Gasteiger partial charge is 0.335 e. The molecule has 2 aromatic carbocycles. The summed E-state index contributed by atoms with van der Waals surface area (Å²) >= 11 is 0. The molecule has 0 aliphatic heterocycles. The molecule has 2 rings (SSSR count). The Balaban J connectivity index is 2.26. The van der Waals surface area contributed by atoms with E-state index in [1.807, 2.05) is 0 Å². The van der Waals surface area contributed by atoms with Crippen molar-refractivity contribution in [2.24, 2.45) is 0 Å². The number of aromatic hydroxyl groups is 1. The van der Waals surface area contributed by atoms with Gasteiger partial charge in [-0.15, -0.1) is 0 Å². The summed E-state index contributed by atoms with van der Waals surface area (Å²) in [6.07, 6.45) is 0. The zero-order valence-corrected chi connectivity index (χ0v) is 13.9. The summed E-state index contributed by atoms with van der Waals surface area (Å²) in [6.45, 7) is 4.16. The molecule has 0 heterocycles. The second-order valence-electron chi connectivity index (χ2n) is 5.02. The van der Waals surface area contributed by atoms with Gasteiger partial charge in [0, 0.05) is 11.3 Å². The Morgan fingerprint density at radius 2 is 1.48 bits per heavy atom. The highest BCUT2D eigenvalue weighted by molar-refractivity contribution is 6.05. The van der Waals surface area contributed by atoms with E-state index in [4.69, 9.17) is 14.6 Å². The van der Waals surface area contributed by atoms with Crippen LogP contribution in [0.15, 0.2) is 36.4 Å². The summed E-state index contributed by atoms with van der Waals surface area (Å²) in [4.78, 5) is 23.3. The van der Waals surface area contributed by atoms with Crippen molar-refractivity contribution in [3.63, 3.8) is 0 Å². The minimum atomic E-state index is -1.04. The molecule has 25 heavy (non-hydrogen) atoms. The molecular formula is C18H19NO6. The van der Waals surface area contributed by atoms with Gasteiger partial charge in [0.15, 0.2) is 11.5 Å². The molecule has 0 aliphatic rings. The average molecular weight is 345 g/mol. The summed E-state index contributed by atoms with van der Waals surface area (Å²) in [6, 6.07) is 8.62. The van der Waals surface area contributed by atoms with Crippen LogP contribution in [0.3, 0.4) is 0 Å². The van der Waals surface area contributed by atoms with E-state index in [9.17, 15) is 14.7 Å². The summed E-state index contributed by atoms with van der Waals surface area (Å²) < 4.78 is 10.7. The fourth-order valence-electron chi connectivity index (χ4n) is 2.14.